The highest BCUT2D eigenvalue weighted by molar-refractivity contribution is 5.75. The van der Waals surface area contributed by atoms with Gasteiger partial charge in [0.05, 0.1) is 12.6 Å². The molecule has 0 aromatic heterocycles. The lowest BCUT2D eigenvalue weighted by Crippen LogP contribution is -2.57. The molecule has 26 heavy (non-hydrogen) atoms. The lowest BCUT2D eigenvalue weighted by atomic mass is 9.54. The highest BCUT2D eigenvalue weighted by Crippen LogP contribution is 2.53. The molecule has 5 fully saturated rings. The van der Waals surface area contributed by atoms with Gasteiger partial charge in [0.2, 0.25) is 0 Å². The van der Waals surface area contributed by atoms with E-state index in [2.05, 4.69) is 10.6 Å². The van der Waals surface area contributed by atoms with E-state index in [1.165, 1.54) is 32.1 Å². The van der Waals surface area contributed by atoms with Crippen molar-refractivity contribution in [2.75, 3.05) is 19.7 Å². The van der Waals surface area contributed by atoms with Gasteiger partial charge in [0, 0.05) is 19.1 Å². The molecule has 0 aromatic carbocycles. The number of hydrogen-bond donors (Lipinski definition) is 2. The number of urea groups is 1. The van der Waals surface area contributed by atoms with Crippen LogP contribution in [0.2, 0.25) is 0 Å². The quantitative estimate of drug-likeness (QED) is 0.807. The summed E-state index contributed by atoms with van der Waals surface area (Å²) >= 11 is 0. The van der Waals surface area contributed by atoms with Crippen molar-refractivity contribution in [1.82, 2.24) is 15.5 Å². The van der Waals surface area contributed by atoms with E-state index in [0.717, 1.165) is 18.3 Å². The monoisotopic (exact) mass is 363 g/mol. The normalized spacial score (nSPS) is 37.9. The Hall–Kier alpha value is -1.46. The van der Waals surface area contributed by atoms with Crippen LogP contribution in [0, 0.1) is 29.6 Å². The fourth-order valence-electron chi connectivity index (χ4n) is 5.91. The SMILES string of the molecule is CC(C)COC(=O)NC1CCN(C(=O)NC2C3CC4CC(C3)CC2C4)C1. The maximum absolute atomic E-state index is 12.8. The van der Waals surface area contributed by atoms with Gasteiger partial charge in [-0.3, -0.25) is 0 Å². The van der Waals surface area contributed by atoms with E-state index >= 15 is 0 Å². The average molecular weight is 364 g/mol. The van der Waals surface area contributed by atoms with E-state index in [9.17, 15) is 9.59 Å². The largest absolute Gasteiger partial charge is 0.449 e. The first kappa shape index (κ1) is 17.9. The first-order chi connectivity index (χ1) is 12.5. The number of alkyl carbamates (subject to hydrolysis) is 1. The Bertz CT molecular complexity index is 522. The smallest absolute Gasteiger partial charge is 0.407 e. The molecule has 3 amide bonds. The number of ether oxygens (including phenoxy) is 1. The van der Waals surface area contributed by atoms with Gasteiger partial charge < -0.3 is 20.3 Å². The Morgan fingerprint density at radius 1 is 1.04 bits per heavy atom. The van der Waals surface area contributed by atoms with E-state index in [0.29, 0.717) is 43.5 Å². The summed E-state index contributed by atoms with van der Waals surface area (Å²) in [7, 11) is 0. The molecule has 5 aliphatic rings. The zero-order chi connectivity index (χ0) is 18.3. The summed E-state index contributed by atoms with van der Waals surface area (Å²) in [6.45, 7) is 5.73. The summed E-state index contributed by atoms with van der Waals surface area (Å²) < 4.78 is 5.18. The van der Waals surface area contributed by atoms with Crippen molar-refractivity contribution in [3.05, 3.63) is 0 Å². The Balaban J connectivity index is 1.24. The lowest BCUT2D eigenvalue weighted by molar-refractivity contribution is -0.0107. The highest BCUT2D eigenvalue weighted by Gasteiger charge is 2.49. The maximum Gasteiger partial charge on any atom is 0.407 e. The summed E-state index contributed by atoms with van der Waals surface area (Å²) in [5.74, 6) is 3.55. The number of likely N-dealkylation sites (tertiary alicyclic amines) is 1. The van der Waals surface area contributed by atoms with Gasteiger partial charge >= 0.3 is 12.1 Å². The molecule has 4 aliphatic carbocycles. The van der Waals surface area contributed by atoms with Crippen molar-refractivity contribution in [3.63, 3.8) is 0 Å². The third-order valence-electron chi connectivity index (χ3n) is 6.86. The summed E-state index contributed by atoms with van der Waals surface area (Å²) in [5, 5.41) is 6.25. The minimum atomic E-state index is -0.369. The van der Waals surface area contributed by atoms with Crippen molar-refractivity contribution in [1.29, 1.82) is 0 Å². The van der Waals surface area contributed by atoms with Crippen LogP contribution in [0.4, 0.5) is 9.59 Å². The fourth-order valence-corrected chi connectivity index (χ4v) is 5.91. The van der Waals surface area contributed by atoms with Gasteiger partial charge in [-0.25, -0.2) is 9.59 Å². The maximum atomic E-state index is 12.8. The van der Waals surface area contributed by atoms with Gasteiger partial charge in [0.15, 0.2) is 0 Å². The van der Waals surface area contributed by atoms with Gasteiger partial charge in [-0.1, -0.05) is 13.8 Å². The number of carbonyl (C=O) groups is 2. The van der Waals surface area contributed by atoms with Crippen LogP contribution in [0.3, 0.4) is 0 Å². The van der Waals surface area contributed by atoms with Gasteiger partial charge in [0.25, 0.3) is 0 Å². The number of nitrogens with zero attached hydrogens (tertiary/aromatic N) is 1. The van der Waals surface area contributed by atoms with Crippen LogP contribution >= 0.6 is 0 Å². The van der Waals surface area contributed by atoms with E-state index in [-0.39, 0.29) is 18.2 Å². The topological polar surface area (TPSA) is 70.7 Å². The van der Waals surface area contributed by atoms with Crippen LogP contribution in [0.15, 0.2) is 0 Å². The van der Waals surface area contributed by atoms with Gasteiger partial charge in [-0.2, -0.15) is 0 Å². The van der Waals surface area contributed by atoms with E-state index < -0.39 is 0 Å². The van der Waals surface area contributed by atoms with Crippen LogP contribution in [0.1, 0.15) is 52.4 Å². The molecule has 6 nitrogen and oxygen atoms in total. The molecule has 1 aliphatic heterocycles. The molecule has 6 heteroatoms. The second-order valence-corrected chi connectivity index (χ2v) is 9.47. The Labute approximate surface area is 156 Å². The van der Waals surface area contributed by atoms with Crippen molar-refractivity contribution < 1.29 is 14.3 Å². The standard InChI is InChI=1S/C20H33N3O3/c1-12(2)11-26-20(25)21-17-3-4-23(10-17)19(24)22-18-15-6-13-5-14(8-15)9-16(18)7-13/h12-18H,3-11H2,1-2H3,(H,21,25)(H,22,24). The molecule has 1 atom stereocenters. The number of amides is 3. The average Bonchev–Trinajstić information content (AvgIpc) is 3.04. The summed E-state index contributed by atoms with van der Waals surface area (Å²) in [4.78, 5) is 26.4. The minimum Gasteiger partial charge on any atom is -0.449 e. The molecule has 146 valence electrons. The van der Waals surface area contributed by atoms with E-state index in [1.54, 1.807) is 0 Å². The molecular formula is C20H33N3O3. The zero-order valence-corrected chi connectivity index (χ0v) is 16.1. The van der Waals surface area contributed by atoms with Gasteiger partial charge in [0.1, 0.15) is 0 Å². The van der Waals surface area contributed by atoms with E-state index in [4.69, 9.17) is 4.74 Å². The highest BCUT2D eigenvalue weighted by atomic mass is 16.5. The summed E-state index contributed by atoms with van der Waals surface area (Å²) in [6, 6.07) is 0.430. The Morgan fingerprint density at radius 3 is 2.31 bits per heavy atom. The molecular weight excluding hydrogens is 330 g/mol. The first-order valence-corrected chi connectivity index (χ1v) is 10.5. The fraction of sp³-hybridized carbons (Fsp3) is 0.900. The van der Waals surface area contributed by atoms with Crippen molar-refractivity contribution >= 4 is 12.1 Å². The predicted molar refractivity (Wildman–Crippen MR) is 98.7 cm³/mol. The zero-order valence-electron chi connectivity index (χ0n) is 16.1. The number of hydrogen-bond acceptors (Lipinski definition) is 3. The second-order valence-electron chi connectivity index (χ2n) is 9.47. The first-order valence-electron chi connectivity index (χ1n) is 10.5. The van der Waals surface area contributed by atoms with Crippen molar-refractivity contribution in [2.45, 2.75) is 64.5 Å². The second kappa shape index (κ2) is 7.28. The summed E-state index contributed by atoms with van der Waals surface area (Å²) in [6.07, 6.45) is 7.10. The van der Waals surface area contributed by atoms with Gasteiger partial charge in [-0.15, -0.1) is 0 Å². The van der Waals surface area contributed by atoms with E-state index in [1.807, 2.05) is 18.7 Å². The molecule has 4 saturated carbocycles. The van der Waals surface area contributed by atoms with Crippen LogP contribution in [0.25, 0.3) is 0 Å². The van der Waals surface area contributed by atoms with Gasteiger partial charge in [-0.05, 0) is 68.1 Å². The minimum absolute atomic E-state index is 0.00101. The Kier molecular flexibility index (Phi) is 5.02. The molecule has 5 rings (SSSR count). The predicted octanol–water partition coefficient (Wildman–Crippen LogP) is 2.98. The molecule has 0 aromatic rings. The summed E-state index contributed by atoms with van der Waals surface area (Å²) in [5.41, 5.74) is 0. The third kappa shape index (κ3) is 3.79. The molecule has 1 unspecified atom stereocenters. The number of carbonyl (C=O) groups excluding carboxylic acids is 2. The van der Waals surface area contributed by atoms with Crippen LogP contribution < -0.4 is 10.6 Å². The van der Waals surface area contributed by atoms with Crippen molar-refractivity contribution in [3.8, 4) is 0 Å². The number of rotatable bonds is 4. The van der Waals surface area contributed by atoms with Crippen LogP contribution in [-0.2, 0) is 4.74 Å². The molecule has 0 radical (unpaired) electrons. The van der Waals surface area contributed by atoms with Crippen LogP contribution in [0.5, 0.6) is 0 Å². The lowest BCUT2D eigenvalue weighted by Gasteiger charge is -2.54. The molecule has 0 spiro atoms. The molecule has 1 heterocycles. The molecule has 1 saturated heterocycles. The molecule has 4 bridgehead atoms. The Morgan fingerprint density at radius 2 is 1.69 bits per heavy atom. The third-order valence-corrected chi connectivity index (χ3v) is 6.86. The number of nitrogens with one attached hydrogen (secondary N) is 2. The van der Waals surface area contributed by atoms with Crippen molar-refractivity contribution in [2.24, 2.45) is 29.6 Å². The van der Waals surface area contributed by atoms with Crippen LogP contribution in [-0.4, -0.2) is 48.8 Å². The molecule has 2 N–H and O–H groups in total.